The molecule has 0 aromatic carbocycles. The van der Waals surface area contributed by atoms with Crippen molar-refractivity contribution >= 4 is 29.9 Å². The Hall–Kier alpha value is -0.0800. The first kappa shape index (κ1) is 22.0. The van der Waals surface area contributed by atoms with Crippen LogP contribution in [0.15, 0.2) is 4.99 Å². The molecule has 5 nitrogen and oxygen atoms in total. The highest BCUT2D eigenvalue weighted by molar-refractivity contribution is 14.0. The molecule has 2 rings (SSSR count). The first-order valence-corrected chi connectivity index (χ1v) is 9.23. The highest BCUT2D eigenvalue weighted by atomic mass is 127. The summed E-state index contributed by atoms with van der Waals surface area (Å²) in [6, 6.07) is 0.899. The van der Waals surface area contributed by atoms with E-state index in [1.165, 1.54) is 32.4 Å². The molecule has 1 saturated carbocycles. The maximum atomic E-state index is 5.60. The number of aliphatic imine (C=N–C) groups is 1. The second-order valence-electron chi connectivity index (χ2n) is 8.07. The van der Waals surface area contributed by atoms with Crippen molar-refractivity contribution in [1.29, 1.82) is 0 Å². The van der Waals surface area contributed by atoms with E-state index in [0.29, 0.717) is 6.54 Å². The van der Waals surface area contributed by atoms with E-state index in [1.807, 2.05) is 0 Å². The van der Waals surface area contributed by atoms with Crippen LogP contribution in [0.2, 0.25) is 0 Å². The number of rotatable bonds is 7. The Morgan fingerprint density at radius 1 is 1.25 bits per heavy atom. The Morgan fingerprint density at radius 2 is 1.96 bits per heavy atom. The van der Waals surface area contributed by atoms with Crippen LogP contribution in [0.4, 0.5) is 0 Å². The summed E-state index contributed by atoms with van der Waals surface area (Å²) in [5, 5.41) is 6.88. The second-order valence-corrected chi connectivity index (χ2v) is 8.07. The molecule has 2 atom stereocenters. The summed E-state index contributed by atoms with van der Waals surface area (Å²) in [5.41, 5.74) is 0.103. The van der Waals surface area contributed by atoms with E-state index in [1.54, 1.807) is 7.11 Å². The number of halogens is 1. The summed E-state index contributed by atoms with van der Waals surface area (Å²) in [4.78, 5) is 7.40. The minimum atomic E-state index is 0. The molecule has 1 heterocycles. The molecule has 0 aromatic heterocycles. The van der Waals surface area contributed by atoms with Crippen molar-refractivity contribution in [2.75, 3.05) is 39.8 Å². The molecular formula is C18H37IN4O. The van der Waals surface area contributed by atoms with Crippen LogP contribution < -0.4 is 10.6 Å². The monoisotopic (exact) mass is 452 g/mol. The van der Waals surface area contributed by atoms with Crippen LogP contribution in [-0.4, -0.2) is 62.8 Å². The molecule has 0 bridgehead atoms. The molecule has 2 fully saturated rings. The zero-order valence-corrected chi connectivity index (χ0v) is 18.4. The van der Waals surface area contributed by atoms with Crippen molar-refractivity contribution in [3.63, 3.8) is 0 Å². The van der Waals surface area contributed by atoms with Crippen LogP contribution >= 0.6 is 24.0 Å². The number of ether oxygens (including phenoxy) is 1. The van der Waals surface area contributed by atoms with Gasteiger partial charge in [-0.15, -0.1) is 24.0 Å². The molecule has 0 radical (unpaired) electrons. The molecule has 0 amide bonds. The maximum Gasteiger partial charge on any atom is 0.191 e. The van der Waals surface area contributed by atoms with Gasteiger partial charge in [0.05, 0.1) is 12.6 Å². The lowest BCUT2D eigenvalue weighted by atomic mass is 9.89. The lowest BCUT2D eigenvalue weighted by Gasteiger charge is -2.28. The molecule has 2 unspecified atom stereocenters. The van der Waals surface area contributed by atoms with Gasteiger partial charge in [-0.1, -0.05) is 20.8 Å². The summed E-state index contributed by atoms with van der Waals surface area (Å²) in [7, 11) is 1.77. The van der Waals surface area contributed by atoms with Crippen LogP contribution in [0.1, 0.15) is 47.0 Å². The van der Waals surface area contributed by atoms with E-state index < -0.39 is 0 Å². The van der Waals surface area contributed by atoms with E-state index in [9.17, 15) is 0 Å². The third-order valence-electron chi connectivity index (χ3n) is 4.95. The fourth-order valence-corrected chi connectivity index (χ4v) is 3.26. The van der Waals surface area contributed by atoms with Crippen molar-refractivity contribution in [3.8, 4) is 0 Å². The minimum Gasteiger partial charge on any atom is -0.379 e. The van der Waals surface area contributed by atoms with Crippen LogP contribution in [0.5, 0.6) is 0 Å². The molecule has 1 aliphatic carbocycles. The number of nitrogens with zero attached hydrogens (tertiary/aromatic N) is 2. The number of likely N-dealkylation sites (tertiary alicyclic amines) is 1. The SMILES string of the molecule is CCNC(=NCC(OC)C(C)(C)C)NCC1CCN(C2CC2)C1.I. The van der Waals surface area contributed by atoms with Gasteiger partial charge in [0.15, 0.2) is 5.96 Å². The molecule has 2 aliphatic rings. The lowest BCUT2D eigenvalue weighted by Crippen LogP contribution is -2.41. The van der Waals surface area contributed by atoms with Gasteiger partial charge < -0.3 is 20.3 Å². The normalized spacial score (nSPS) is 23.7. The fourth-order valence-electron chi connectivity index (χ4n) is 3.26. The van der Waals surface area contributed by atoms with Crippen LogP contribution in [0.3, 0.4) is 0 Å². The molecule has 1 aliphatic heterocycles. The smallest absolute Gasteiger partial charge is 0.191 e. The third-order valence-corrected chi connectivity index (χ3v) is 4.95. The van der Waals surface area contributed by atoms with Crippen molar-refractivity contribution in [3.05, 3.63) is 0 Å². The van der Waals surface area contributed by atoms with Crippen molar-refractivity contribution in [2.24, 2.45) is 16.3 Å². The molecule has 142 valence electrons. The molecule has 24 heavy (non-hydrogen) atoms. The largest absolute Gasteiger partial charge is 0.379 e. The summed E-state index contributed by atoms with van der Waals surface area (Å²) in [6.45, 7) is 13.8. The van der Waals surface area contributed by atoms with E-state index in [4.69, 9.17) is 9.73 Å². The highest BCUT2D eigenvalue weighted by Crippen LogP contribution is 2.31. The third kappa shape index (κ3) is 7.04. The molecule has 6 heteroatoms. The van der Waals surface area contributed by atoms with E-state index in [-0.39, 0.29) is 35.5 Å². The van der Waals surface area contributed by atoms with Crippen molar-refractivity contribution < 1.29 is 4.74 Å². The van der Waals surface area contributed by atoms with Crippen LogP contribution in [0.25, 0.3) is 0 Å². The number of hydrogen-bond acceptors (Lipinski definition) is 3. The van der Waals surface area contributed by atoms with Crippen LogP contribution in [-0.2, 0) is 4.74 Å². The average molecular weight is 452 g/mol. The number of guanidine groups is 1. The number of methoxy groups -OCH3 is 1. The summed E-state index contributed by atoms with van der Waals surface area (Å²) in [6.07, 6.45) is 4.27. The summed E-state index contributed by atoms with van der Waals surface area (Å²) >= 11 is 0. The maximum absolute atomic E-state index is 5.60. The van der Waals surface area contributed by atoms with Gasteiger partial charge in [0.25, 0.3) is 0 Å². The minimum absolute atomic E-state index is 0. The summed E-state index contributed by atoms with van der Waals surface area (Å²) in [5.74, 6) is 1.67. The topological polar surface area (TPSA) is 48.9 Å². The van der Waals surface area contributed by atoms with Gasteiger partial charge in [-0.05, 0) is 44.1 Å². The van der Waals surface area contributed by atoms with Gasteiger partial charge in [0.2, 0.25) is 0 Å². The Morgan fingerprint density at radius 3 is 2.50 bits per heavy atom. The Kier molecular flexibility index (Phi) is 9.30. The Labute approximate surface area is 165 Å². The Balaban J connectivity index is 0.00000288. The Bertz CT molecular complexity index is 393. The van der Waals surface area contributed by atoms with Gasteiger partial charge in [-0.3, -0.25) is 4.99 Å². The van der Waals surface area contributed by atoms with E-state index in [0.717, 1.165) is 31.0 Å². The molecule has 0 aromatic rings. The van der Waals surface area contributed by atoms with Gasteiger partial charge in [0, 0.05) is 32.8 Å². The van der Waals surface area contributed by atoms with Crippen LogP contribution in [0, 0.1) is 11.3 Å². The molecule has 0 spiro atoms. The second kappa shape index (κ2) is 10.2. The van der Waals surface area contributed by atoms with Gasteiger partial charge in [-0.2, -0.15) is 0 Å². The molecule has 2 N–H and O–H groups in total. The first-order valence-electron chi connectivity index (χ1n) is 9.23. The van der Waals surface area contributed by atoms with Gasteiger partial charge >= 0.3 is 0 Å². The van der Waals surface area contributed by atoms with Gasteiger partial charge in [0.1, 0.15) is 0 Å². The predicted octanol–water partition coefficient (Wildman–Crippen LogP) is 2.70. The molecular weight excluding hydrogens is 415 g/mol. The van der Waals surface area contributed by atoms with Gasteiger partial charge in [-0.25, -0.2) is 0 Å². The highest BCUT2D eigenvalue weighted by Gasteiger charge is 2.34. The molecule has 1 saturated heterocycles. The van der Waals surface area contributed by atoms with E-state index in [2.05, 4.69) is 43.2 Å². The number of hydrogen-bond donors (Lipinski definition) is 2. The summed E-state index contributed by atoms with van der Waals surface area (Å²) < 4.78 is 5.60. The predicted molar refractivity (Wildman–Crippen MR) is 112 cm³/mol. The van der Waals surface area contributed by atoms with Crippen molar-refractivity contribution in [2.45, 2.75) is 59.1 Å². The zero-order chi connectivity index (χ0) is 16.9. The van der Waals surface area contributed by atoms with Crippen molar-refractivity contribution in [1.82, 2.24) is 15.5 Å². The zero-order valence-electron chi connectivity index (χ0n) is 16.1. The first-order chi connectivity index (χ1) is 10.9. The lowest BCUT2D eigenvalue weighted by molar-refractivity contribution is 0.0241. The fraction of sp³-hybridized carbons (Fsp3) is 0.944. The number of nitrogens with one attached hydrogen (secondary N) is 2. The average Bonchev–Trinajstić information content (AvgIpc) is 3.23. The quantitative estimate of drug-likeness (QED) is 0.354. The van der Waals surface area contributed by atoms with E-state index >= 15 is 0 Å². The standard InChI is InChI=1S/C18H36N4O.HI/c1-6-19-17(21-12-16(23-5)18(2,3)4)20-11-14-9-10-22(13-14)15-7-8-15;/h14-16H,6-13H2,1-5H3,(H2,19,20,21);1H.